The average Bonchev–Trinajstić information content (AvgIpc) is 2.46. The fourth-order valence-corrected chi connectivity index (χ4v) is 2.72. The molecular weight excluding hydrogens is 234 g/mol. The van der Waals surface area contributed by atoms with Gasteiger partial charge in [-0.1, -0.05) is 12.1 Å². The normalized spacial score (nSPS) is 19.3. The summed E-state index contributed by atoms with van der Waals surface area (Å²) in [6.45, 7) is 11.2. The first-order chi connectivity index (χ1) is 9.11. The number of rotatable bonds is 3. The SMILES string of the molecule is CC(C)N1CCN(C(C)c2cccc(C#N)c2)CC1. The molecule has 0 aliphatic carbocycles. The van der Waals surface area contributed by atoms with Gasteiger partial charge in [-0.2, -0.15) is 5.26 Å². The first-order valence-corrected chi connectivity index (χ1v) is 7.10. The minimum Gasteiger partial charge on any atom is -0.298 e. The molecule has 19 heavy (non-hydrogen) atoms. The van der Waals surface area contributed by atoms with Crippen LogP contribution in [0.1, 0.15) is 37.9 Å². The summed E-state index contributed by atoms with van der Waals surface area (Å²) in [5, 5.41) is 8.98. The molecule has 3 nitrogen and oxygen atoms in total. The largest absolute Gasteiger partial charge is 0.298 e. The van der Waals surface area contributed by atoms with Gasteiger partial charge in [0.25, 0.3) is 0 Å². The van der Waals surface area contributed by atoms with Crippen molar-refractivity contribution in [3.8, 4) is 6.07 Å². The van der Waals surface area contributed by atoms with Crippen LogP contribution in [-0.4, -0.2) is 42.0 Å². The van der Waals surface area contributed by atoms with Crippen LogP contribution in [0.4, 0.5) is 0 Å². The molecule has 1 aromatic carbocycles. The zero-order valence-electron chi connectivity index (χ0n) is 12.1. The second kappa shape index (κ2) is 6.18. The van der Waals surface area contributed by atoms with Crippen molar-refractivity contribution in [3.05, 3.63) is 35.4 Å². The van der Waals surface area contributed by atoms with Gasteiger partial charge in [-0.15, -0.1) is 0 Å². The average molecular weight is 257 g/mol. The summed E-state index contributed by atoms with van der Waals surface area (Å²) >= 11 is 0. The number of hydrogen-bond donors (Lipinski definition) is 0. The summed E-state index contributed by atoms with van der Waals surface area (Å²) in [4.78, 5) is 5.03. The first-order valence-electron chi connectivity index (χ1n) is 7.10. The van der Waals surface area contributed by atoms with Crippen molar-refractivity contribution in [3.63, 3.8) is 0 Å². The molecule has 0 spiro atoms. The first kappa shape index (κ1) is 14.0. The number of nitrogens with zero attached hydrogens (tertiary/aromatic N) is 3. The quantitative estimate of drug-likeness (QED) is 0.834. The van der Waals surface area contributed by atoms with Crippen molar-refractivity contribution in [2.45, 2.75) is 32.9 Å². The van der Waals surface area contributed by atoms with Crippen LogP contribution >= 0.6 is 0 Å². The van der Waals surface area contributed by atoms with E-state index in [2.05, 4.69) is 42.7 Å². The molecule has 0 amide bonds. The standard InChI is InChI=1S/C16H23N3/c1-13(2)18-7-9-19(10-8-18)14(3)16-6-4-5-15(11-16)12-17/h4-6,11,13-14H,7-10H2,1-3H3. The van der Waals surface area contributed by atoms with Gasteiger partial charge in [-0.25, -0.2) is 0 Å². The second-order valence-electron chi connectivity index (χ2n) is 5.58. The number of piperazine rings is 1. The topological polar surface area (TPSA) is 30.3 Å². The molecule has 1 aromatic rings. The van der Waals surface area contributed by atoms with Gasteiger partial charge in [0.05, 0.1) is 11.6 Å². The highest BCUT2D eigenvalue weighted by molar-refractivity contribution is 5.34. The number of hydrogen-bond acceptors (Lipinski definition) is 3. The van der Waals surface area contributed by atoms with Gasteiger partial charge in [0.1, 0.15) is 0 Å². The summed E-state index contributed by atoms with van der Waals surface area (Å²) in [6, 6.07) is 11.2. The fourth-order valence-electron chi connectivity index (χ4n) is 2.72. The molecule has 0 saturated carbocycles. The van der Waals surface area contributed by atoms with E-state index in [0.29, 0.717) is 12.1 Å². The van der Waals surface area contributed by atoms with Crippen molar-refractivity contribution in [2.24, 2.45) is 0 Å². The van der Waals surface area contributed by atoms with Crippen molar-refractivity contribution in [2.75, 3.05) is 26.2 Å². The van der Waals surface area contributed by atoms with E-state index in [0.717, 1.165) is 31.7 Å². The Balaban J connectivity index is 2.01. The van der Waals surface area contributed by atoms with Crippen LogP contribution in [0.2, 0.25) is 0 Å². The molecule has 0 radical (unpaired) electrons. The Morgan fingerprint density at radius 3 is 2.26 bits per heavy atom. The molecule has 1 fully saturated rings. The van der Waals surface area contributed by atoms with E-state index < -0.39 is 0 Å². The smallest absolute Gasteiger partial charge is 0.0991 e. The zero-order chi connectivity index (χ0) is 13.8. The van der Waals surface area contributed by atoms with Gasteiger partial charge < -0.3 is 0 Å². The highest BCUT2D eigenvalue weighted by Gasteiger charge is 2.23. The summed E-state index contributed by atoms with van der Waals surface area (Å²) in [5.41, 5.74) is 2.00. The minimum atomic E-state index is 0.391. The molecule has 1 unspecified atom stereocenters. The van der Waals surface area contributed by atoms with Crippen LogP contribution in [0.25, 0.3) is 0 Å². The van der Waals surface area contributed by atoms with Crippen LogP contribution in [0.5, 0.6) is 0 Å². The van der Waals surface area contributed by atoms with E-state index in [1.165, 1.54) is 5.56 Å². The van der Waals surface area contributed by atoms with Gasteiger partial charge in [0.15, 0.2) is 0 Å². The Bertz CT molecular complexity index is 453. The molecule has 1 aliphatic rings. The zero-order valence-corrected chi connectivity index (χ0v) is 12.1. The van der Waals surface area contributed by atoms with Crippen molar-refractivity contribution < 1.29 is 0 Å². The summed E-state index contributed by atoms with van der Waals surface area (Å²) in [7, 11) is 0. The van der Waals surface area contributed by atoms with Crippen molar-refractivity contribution in [1.29, 1.82) is 5.26 Å². The lowest BCUT2D eigenvalue weighted by Gasteiger charge is -2.40. The Kier molecular flexibility index (Phi) is 4.57. The molecular formula is C16H23N3. The van der Waals surface area contributed by atoms with Gasteiger partial charge in [-0.05, 0) is 38.5 Å². The lowest BCUT2D eigenvalue weighted by molar-refractivity contribution is 0.0834. The van der Waals surface area contributed by atoms with Gasteiger partial charge in [0, 0.05) is 38.3 Å². The minimum absolute atomic E-state index is 0.391. The van der Waals surface area contributed by atoms with Crippen molar-refractivity contribution in [1.82, 2.24) is 9.80 Å². The predicted octanol–water partition coefficient (Wildman–Crippen LogP) is 2.65. The van der Waals surface area contributed by atoms with Crippen LogP contribution in [0, 0.1) is 11.3 Å². The summed E-state index contributed by atoms with van der Waals surface area (Å²) in [5.74, 6) is 0. The maximum Gasteiger partial charge on any atom is 0.0991 e. The van der Waals surface area contributed by atoms with E-state index in [9.17, 15) is 0 Å². The van der Waals surface area contributed by atoms with Crippen LogP contribution in [0.3, 0.4) is 0 Å². The van der Waals surface area contributed by atoms with E-state index in [-0.39, 0.29) is 0 Å². The van der Waals surface area contributed by atoms with E-state index in [4.69, 9.17) is 5.26 Å². The molecule has 3 heteroatoms. The Morgan fingerprint density at radius 2 is 1.68 bits per heavy atom. The fraction of sp³-hybridized carbons (Fsp3) is 0.562. The summed E-state index contributed by atoms with van der Waals surface area (Å²) < 4.78 is 0. The van der Waals surface area contributed by atoms with Crippen LogP contribution in [-0.2, 0) is 0 Å². The van der Waals surface area contributed by atoms with Gasteiger partial charge >= 0.3 is 0 Å². The molecule has 1 saturated heterocycles. The van der Waals surface area contributed by atoms with Crippen LogP contribution < -0.4 is 0 Å². The van der Waals surface area contributed by atoms with Crippen LogP contribution in [0.15, 0.2) is 24.3 Å². The number of nitriles is 1. The Hall–Kier alpha value is -1.37. The third kappa shape index (κ3) is 3.34. The van der Waals surface area contributed by atoms with Gasteiger partial charge in [0.2, 0.25) is 0 Å². The molecule has 2 rings (SSSR count). The highest BCUT2D eigenvalue weighted by Crippen LogP contribution is 2.22. The molecule has 1 aliphatic heterocycles. The summed E-state index contributed by atoms with van der Waals surface area (Å²) in [6.07, 6.45) is 0. The molecule has 102 valence electrons. The maximum atomic E-state index is 8.98. The molecule has 0 bridgehead atoms. The molecule has 0 aromatic heterocycles. The van der Waals surface area contributed by atoms with Crippen molar-refractivity contribution >= 4 is 0 Å². The van der Waals surface area contributed by atoms with E-state index in [1.54, 1.807) is 0 Å². The van der Waals surface area contributed by atoms with E-state index in [1.807, 2.05) is 18.2 Å². The third-order valence-corrected chi connectivity index (χ3v) is 4.13. The highest BCUT2D eigenvalue weighted by atomic mass is 15.3. The predicted molar refractivity (Wildman–Crippen MR) is 77.9 cm³/mol. The number of benzene rings is 1. The lowest BCUT2D eigenvalue weighted by atomic mass is 10.0. The third-order valence-electron chi connectivity index (χ3n) is 4.13. The van der Waals surface area contributed by atoms with E-state index >= 15 is 0 Å². The molecule has 1 atom stereocenters. The molecule has 0 N–H and O–H groups in total. The Labute approximate surface area is 116 Å². The monoisotopic (exact) mass is 257 g/mol. The lowest BCUT2D eigenvalue weighted by Crippen LogP contribution is -2.49. The Morgan fingerprint density at radius 1 is 1.05 bits per heavy atom. The second-order valence-corrected chi connectivity index (χ2v) is 5.58. The molecule has 1 heterocycles. The van der Waals surface area contributed by atoms with Gasteiger partial charge in [-0.3, -0.25) is 9.80 Å². The maximum absolute atomic E-state index is 8.98.